The molecule has 0 aromatic heterocycles. The van der Waals surface area contributed by atoms with Gasteiger partial charge in [0, 0.05) is 5.92 Å². The summed E-state index contributed by atoms with van der Waals surface area (Å²) in [5.41, 5.74) is 7.11. The van der Waals surface area contributed by atoms with E-state index in [0.717, 1.165) is 11.3 Å². The second-order valence-electron chi connectivity index (χ2n) is 6.52. The lowest BCUT2D eigenvalue weighted by atomic mass is 9.82. The average Bonchev–Trinajstić information content (AvgIpc) is 2.81. The zero-order chi connectivity index (χ0) is 15.6. The molecule has 0 aliphatic heterocycles. The monoisotopic (exact) mass is 300 g/mol. The van der Waals surface area contributed by atoms with Crippen molar-refractivity contribution < 1.29 is 0 Å². The van der Waals surface area contributed by atoms with Gasteiger partial charge >= 0.3 is 0 Å². The van der Waals surface area contributed by atoms with Crippen LogP contribution in [-0.2, 0) is 0 Å². The fourth-order valence-corrected chi connectivity index (χ4v) is 3.83. The number of hydrogen-bond acceptors (Lipinski definition) is 1. The van der Waals surface area contributed by atoms with Crippen molar-refractivity contribution in [1.29, 1.82) is 0 Å². The van der Waals surface area contributed by atoms with Crippen molar-refractivity contribution in [3.05, 3.63) is 57.6 Å². The van der Waals surface area contributed by atoms with Crippen LogP contribution >= 0.6 is 12.6 Å². The Morgan fingerprint density at radius 1 is 1.43 bits per heavy atom. The molecule has 0 bridgehead atoms. The van der Waals surface area contributed by atoms with Crippen LogP contribution in [0.15, 0.2) is 57.6 Å². The van der Waals surface area contributed by atoms with Crippen molar-refractivity contribution in [2.45, 2.75) is 53.4 Å². The Bertz CT molecular complexity index is 554. The van der Waals surface area contributed by atoms with Crippen LogP contribution < -0.4 is 0 Å². The summed E-state index contributed by atoms with van der Waals surface area (Å²) in [5, 5.41) is 0. The van der Waals surface area contributed by atoms with Crippen molar-refractivity contribution in [2.24, 2.45) is 11.8 Å². The van der Waals surface area contributed by atoms with Gasteiger partial charge in [0.25, 0.3) is 0 Å². The van der Waals surface area contributed by atoms with E-state index in [1.54, 1.807) is 11.1 Å². The molecule has 0 heterocycles. The second kappa shape index (κ2) is 6.87. The summed E-state index contributed by atoms with van der Waals surface area (Å²) in [7, 11) is 0. The Morgan fingerprint density at radius 3 is 2.76 bits per heavy atom. The number of hydrogen-bond donors (Lipinski definition) is 1. The molecule has 0 N–H and O–H groups in total. The summed E-state index contributed by atoms with van der Waals surface area (Å²) in [6.07, 6.45) is 11.8. The molecule has 0 aromatic rings. The van der Waals surface area contributed by atoms with Gasteiger partial charge in [0.15, 0.2) is 0 Å². The van der Waals surface area contributed by atoms with Crippen LogP contribution in [0, 0.1) is 11.8 Å². The van der Waals surface area contributed by atoms with Crippen LogP contribution in [0.4, 0.5) is 0 Å². The van der Waals surface area contributed by atoms with Crippen LogP contribution in [0.3, 0.4) is 0 Å². The molecule has 21 heavy (non-hydrogen) atoms. The van der Waals surface area contributed by atoms with Gasteiger partial charge in [-0.3, -0.25) is 0 Å². The third kappa shape index (κ3) is 3.63. The van der Waals surface area contributed by atoms with Gasteiger partial charge in [0.1, 0.15) is 0 Å². The quantitative estimate of drug-likeness (QED) is 0.450. The third-order valence-electron chi connectivity index (χ3n) is 4.62. The zero-order valence-electron chi connectivity index (χ0n) is 13.9. The molecular formula is C20H28S. The maximum Gasteiger partial charge on any atom is 0.00969 e. The molecule has 1 saturated carbocycles. The average molecular weight is 301 g/mol. The van der Waals surface area contributed by atoms with E-state index < -0.39 is 0 Å². The topological polar surface area (TPSA) is 0 Å². The van der Waals surface area contributed by atoms with Crippen LogP contribution in [-0.4, -0.2) is 0 Å². The highest BCUT2D eigenvalue weighted by Gasteiger charge is 2.31. The Hall–Kier alpha value is -0.950. The van der Waals surface area contributed by atoms with Crippen molar-refractivity contribution >= 4 is 12.6 Å². The van der Waals surface area contributed by atoms with Crippen molar-refractivity contribution in [1.82, 2.24) is 0 Å². The fraction of sp³-hybridized carbons (Fsp3) is 0.500. The van der Waals surface area contributed by atoms with Crippen molar-refractivity contribution in [3.8, 4) is 0 Å². The largest absolute Gasteiger partial charge is 0.148 e. The molecule has 1 fully saturated rings. The molecule has 0 radical (unpaired) electrons. The summed E-state index contributed by atoms with van der Waals surface area (Å²) in [6.45, 7) is 13.1. The lowest BCUT2D eigenvalue weighted by Gasteiger charge is -2.23. The molecule has 2 aliphatic rings. The minimum atomic E-state index is 0.537. The highest BCUT2D eigenvalue weighted by Crippen LogP contribution is 2.46. The molecule has 0 spiro atoms. The molecule has 0 saturated heterocycles. The summed E-state index contributed by atoms with van der Waals surface area (Å²) in [4.78, 5) is 1.14. The second-order valence-corrected chi connectivity index (χ2v) is 7.10. The van der Waals surface area contributed by atoms with Gasteiger partial charge in [-0.1, -0.05) is 38.2 Å². The Kier molecular flexibility index (Phi) is 5.37. The summed E-state index contributed by atoms with van der Waals surface area (Å²) in [6, 6.07) is 0. The molecule has 2 aliphatic carbocycles. The molecule has 0 nitrogen and oxygen atoms in total. The van der Waals surface area contributed by atoms with Gasteiger partial charge in [0.05, 0.1) is 0 Å². The minimum absolute atomic E-state index is 0.537. The summed E-state index contributed by atoms with van der Waals surface area (Å²) < 4.78 is 0. The van der Waals surface area contributed by atoms with E-state index in [2.05, 4.69) is 65.1 Å². The lowest BCUT2D eigenvalue weighted by molar-refractivity contribution is 0.701. The number of fused-ring (bicyclic) bond motifs is 1. The van der Waals surface area contributed by atoms with Gasteiger partial charge in [-0.15, -0.1) is 12.6 Å². The van der Waals surface area contributed by atoms with Gasteiger partial charge in [0.2, 0.25) is 0 Å². The summed E-state index contributed by atoms with van der Waals surface area (Å²) >= 11 is 4.55. The van der Waals surface area contributed by atoms with Crippen LogP contribution in [0.1, 0.15) is 53.4 Å². The molecule has 1 heteroatoms. The first-order valence-electron chi connectivity index (χ1n) is 8.11. The van der Waals surface area contributed by atoms with E-state index >= 15 is 0 Å². The Labute approximate surface area is 135 Å². The van der Waals surface area contributed by atoms with Gasteiger partial charge in [-0.25, -0.2) is 0 Å². The van der Waals surface area contributed by atoms with E-state index in [1.165, 1.54) is 36.0 Å². The lowest BCUT2D eigenvalue weighted by Crippen LogP contribution is -2.08. The highest BCUT2D eigenvalue weighted by atomic mass is 32.1. The fourth-order valence-electron chi connectivity index (χ4n) is 3.64. The predicted molar refractivity (Wildman–Crippen MR) is 97.5 cm³/mol. The molecule has 2 atom stereocenters. The Balaban J connectivity index is 2.40. The normalized spacial score (nSPS) is 26.8. The number of thiol groups is 1. The van der Waals surface area contributed by atoms with Gasteiger partial charge in [-0.2, -0.15) is 0 Å². The SMILES string of the molecule is C=C(C)/C(=C(C)\C=C(\S)CC)C1CCC2=CC(C)CC=C21. The molecular weight excluding hydrogens is 272 g/mol. The third-order valence-corrected chi connectivity index (χ3v) is 5.07. The predicted octanol–water partition coefficient (Wildman–Crippen LogP) is 6.41. The summed E-state index contributed by atoms with van der Waals surface area (Å²) in [5.74, 6) is 1.24. The molecule has 0 aromatic carbocycles. The van der Waals surface area contributed by atoms with Crippen molar-refractivity contribution in [3.63, 3.8) is 0 Å². The highest BCUT2D eigenvalue weighted by molar-refractivity contribution is 7.84. The van der Waals surface area contributed by atoms with Crippen molar-refractivity contribution in [2.75, 3.05) is 0 Å². The van der Waals surface area contributed by atoms with Crippen LogP contribution in [0.2, 0.25) is 0 Å². The van der Waals surface area contributed by atoms with E-state index in [0.29, 0.717) is 11.8 Å². The first kappa shape index (κ1) is 16.4. The number of rotatable bonds is 4. The number of allylic oxidation sites excluding steroid dienone is 9. The molecule has 0 amide bonds. The maximum absolute atomic E-state index is 4.55. The zero-order valence-corrected chi connectivity index (χ0v) is 14.8. The Morgan fingerprint density at radius 2 is 2.14 bits per heavy atom. The first-order valence-corrected chi connectivity index (χ1v) is 8.56. The van der Waals surface area contributed by atoms with E-state index in [1.807, 2.05) is 0 Å². The minimum Gasteiger partial charge on any atom is -0.148 e. The van der Waals surface area contributed by atoms with Crippen LogP contribution in [0.25, 0.3) is 0 Å². The molecule has 2 rings (SSSR count). The van der Waals surface area contributed by atoms with Crippen LogP contribution in [0.5, 0.6) is 0 Å². The molecule has 2 unspecified atom stereocenters. The van der Waals surface area contributed by atoms with E-state index in [9.17, 15) is 0 Å². The standard InChI is InChI=1S/C20H28S/c1-6-17(21)12-15(5)20(13(2)3)19-10-8-16-11-14(4)7-9-18(16)19/h9,11-12,14,19,21H,2,6-8,10H2,1,3-5H3/b17-12+,20-15+. The van der Waals surface area contributed by atoms with E-state index in [4.69, 9.17) is 0 Å². The maximum atomic E-state index is 4.55. The molecule has 114 valence electrons. The smallest absolute Gasteiger partial charge is 0.00969 e. The van der Waals surface area contributed by atoms with Gasteiger partial charge in [-0.05, 0) is 78.7 Å². The first-order chi connectivity index (χ1) is 9.93. The van der Waals surface area contributed by atoms with E-state index in [-0.39, 0.29) is 0 Å². The van der Waals surface area contributed by atoms with Gasteiger partial charge < -0.3 is 0 Å².